The number of rotatable bonds is 3. The predicted molar refractivity (Wildman–Crippen MR) is 102 cm³/mol. The van der Waals surface area contributed by atoms with Crippen molar-refractivity contribution in [2.45, 2.75) is 30.2 Å². The Bertz CT molecular complexity index is 1070. The number of halogens is 1. The number of hydrogen-bond donors (Lipinski definition) is 1. The van der Waals surface area contributed by atoms with E-state index in [4.69, 9.17) is 0 Å². The first-order valence-electron chi connectivity index (χ1n) is 9.10. The molecule has 0 radical (unpaired) electrons. The number of likely N-dealkylation sites (N-methyl/N-ethyl adjacent to an activating group) is 1. The molecule has 0 aliphatic carbocycles. The Morgan fingerprint density at radius 2 is 2.00 bits per heavy atom. The van der Waals surface area contributed by atoms with Gasteiger partial charge in [-0.3, -0.25) is 14.4 Å². The maximum atomic E-state index is 13.7. The van der Waals surface area contributed by atoms with Crippen molar-refractivity contribution in [3.8, 4) is 0 Å². The Kier molecular flexibility index (Phi) is 4.39. The van der Waals surface area contributed by atoms with E-state index in [1.54, 1.807) is 6.07 Å². The molecule has 3 atom stereocenters. The van der Waals surface area contributed by atoms with Gasteiger partial charge in [0.15, 0.2) is 0 Å². The van der Waals surface area contributed by atoms with Crippen LogP contribution in [0.4, 0.5) is 15.8 Å². The fraction of sp³-hybridized carbons (Fsp3) is 0.368. The number of nitrogens with zero attached hydrogens (tertiary/aromatic N) is 2. The Labute approximate surface area is 162 Å². The molecular formula is C19H21FN3O4S+. The third-order valence-corrected chi connectivity index (χ3v) is 7.53. The third kappa shape index (κ3) is 2.85. The lowest BCUT2D eigenvalue weighted by Crippen LogP contribution is -3.11. The second kappa shape index (κ2) is 6.52. The van der Waals surface area contributed by atoms with Crippen LogP contribution in [0.15, 0.2) is 41.3 Å². The number of likely N-dealkylation sites (tertiary alicyclic amines) is 1. The molecular weight excluding hydrogens is 385 g/mol. The van der Waals surface area contributed by atoms with Crippen LogP contribution in [-0.2, 0) is 10.0 Å². The number of sulfonamides is 1. The monoisotopic (exact) mass is 406 g/mol. The average molecular weight is 406 g/mol. The van der Waals surface area contributed by atoms with Crippen molar-refractivity contribution >= 4 is 21.4 Å². The number of aryl methyl sites for hydroxylation is 1. The first-order chi connectivity index (χ1) is 13.2. The second-order valence-electron chi connectivity index (χ2n) is 7.61. The second-order valence-corrected chi connectivity index (χ2v) is 9.42. The topological polar surface area (TPSA) is 85.0 Å². The molecule has 7 nitrogen and oxygen atoms in total. The number of anilines is 1. The molecule has 2 heterocycles. The molecule has 1 saturated heterocycles. The molecule has 28 heavy (non-hydrogen) atoms. The van der Waals surface area contributed by atoms with Crippen LogP contribution in [-0.4, -0.2) is 39.5 Å². The molecule has 2 aliphatic rings. The number of benzene rings is 2. The number of fused-ring (bicyclic) bond motifs is 3. The minimum Gasteiger partial charge on any atom is -0.337 e. The van der Waals surface area contributed by atoms with E-state index in [0.717, 1.165) is 42.4 Å². The van der Waals surface area contributed by atoms with Gasteiger partial charge in [-0.1, -0.05) is 17.7 Å². The normalized spacial score (nSPS) is 24.0. The zero-order valence-corrected chi connectivity index (χ0v) is 16.4. The highest BCUT2D eigenvalue weighted by atomic mass is 32.2. The third-order valence-electron chi connectivity index (χ3n) is 5.69. The fourth-order valence-corrected chi connectivity index (χ4v) is 6.13. The quantitative estimate of drug-likeness (QED) is 0.620. The standard InChI is InChI=1S/C19H20FN3O4S/c1-12-3-6-17-14(9-12)15-11-21(2)8-7-18(15)22(17)28(26,27)13-4-5-16(20)19(10-13)23(24)25/h3-6,9-10,15,18H,7-8,11H2,1-2H3/p+1/t15-,18-/m0/s1. The summed E-state index contributed by atoms with van der Waals surface area (Å²) in [5, 5.41) is 11.1. The van der Waals surface area contributed by atoms with Gasteiger partial charge in [0, 0.05) is 12.5 Å². The highest BCUT2D eigenvalue weighted by Gasteiger charge is 2.48. The molecule has 0 saturated carbocycles. The van der Waals surface area contributed by atoms with Gasteiger partial charge in [0.25, 0.3) is 10.0 Å². The zero-order valence-electron chi connectivity index (χ0n) is 15.6. The first-order valence-corrected chi connectivity index (χ1v) is 10.5. The van der Waals surface area contributed by atoms with E-state index in [-0.39, 0.29) is 16.9 Å². The Morgan fingerprint density at radius 3 is 2.71 bits per heavy atom. The van der Waals surface area contributed by atoms with E-state index in [2.05, 4.69) is 7.05 Å². The van der Waals surface area contributed by atoms with Crippen LogP contribution in [0, 0.1) is 22.9 Å². The Balaban J connectivity index is 1.86. The molecule has 0 aromatic heterocycles. The van der Waals surface area contributed by atoms with Crippen LogP contribution in [0.2, 0.25) is 0 Å². The molecule has 0 spiro atoms. The van der Waals surface area contributed by atoms with E-state index < -0.39 is 26.5 Å². The zero-order chi connectivity index (χ0) is 20.2. The lowest BCUT2D eigenvalue weighted by atomic mass is 9.89. The summed E-state index contributed by atoms with van der Waals surface area (Å²) in [6.45, 7) is 3.62. The van der Waals surface area contributed by atoms with Crippen molar-refractivity contribution in [2.24, 2.45) is 0 Å². The minimum atomic E-state index is -4.07. The predicted octanol–water partition coefficient (Wildman–Crippen LogP) is 1.62. The highest BCUT2D eigenvalue weighted by Crippen LogP contribution is 2.46. The minimum absolute atomic E-state index is 0.0638. The summed E-state index contributed by atoms with van der Waals surface area (Å²) < 4.78 is 42.1. The van der Waals surface area contributed by atoms with Gasteiger partial charge in [0.1, 0.15) is 0 Å². The molecule has 4 rings (SSSR count). The van der Waals surface area contributed by atoms with Gasteiger partial charge in [-0.15, -0.1) is 0 Å². The van der Waals surface area contributed by atoms with Crippen molar-refractivity contribution in [1.29, 1.82) is 0 Å². The Morgan fingerprint density at radius 1 is 1.25 bits per heavy atom. The summed E-state index contributed by atoms with van der Waals surface area (Å²) >= 11 is 0. The van der Waals surface area contributed by atoms with Gasteiger partial charge >= 0.3 is 5.69 Å². The molecule has 148 valence electrons. The largest absolute Gasteiger partial charge is 0.337 e. The maximum Gasteiger partial charge on any atom is 0.306 e. The number of hydrogen-bond acceptors (Lipinski definition) is 4. The van der Waals surface area contributed by atoms with E-state index in [1.165, 1.54) is 9.21 Å². The van der Waals surface area contributed by atoms with E-state index in [1.807, 2.05) is 19.1 Å². The molecule has 9 heteroatoms. The average Bonchev–Trinajstić information content (AvgIpc) is 2.95. The van der Waals surface area contributed by atoms with Crippen molar-refractivity contribution in [2.75, 3.05) is 24.4 Å². The van der Waals surface area contributed by atoms with Gasteiger partial charge in [-0.25, -0.2) is 8.42 Å². The fourth-order valence-electron chi connectivity index (χ4n) is 4.37. The molecule has 2 aliphatic heterocycles. The molecule has 1 unspecified atom stereocenters. The van der Waals surface area contributed by atoms with E-state index in [9.17, 15) is 22.9 Å². The number of nitro groups is 1. The SMILES string of the molecule is Cc1ccc2c(c1)[C@@H]1C[NH+](C)CC[C@@H]1N2S(=O)(=O)c1ccc(F)c([N+](=O)[O-])c1. The molecule has 0 amide bonds. The number of nitrogens with one attached hydrogen (secondary N) is 1. The summed E-state index contributed by atoms with van der Waals surface area (Å²) in [5.41, 5.74) is 1.82. The summed E-state index contributed by atoms with van der Waals surface area (Å²) in [5.74, 6) is -0.990. The van der Waals surface area contributed by atoms with Crippen molar-refractivity contribution in [3.05, 3.63) is 63.5 Å². The molecule has 0 bridgehead atoms. The van der Waals surface area contributed by atoms with E-state index in [0.29, 0.717) is 12.1 Å². The first kappa shape index (κ1) is 18.8. The Hall–Kier alpha value is -2.52. The molecule has 2 aromatic carbocycles. The molecule has 2 aromatic rings. The number of nitro benzene ring substituents is 1. The van der Waals surface area contributed by atoms with Crippen molar-refractivity contribution < 1.29 is 22.6 Å². The number of piperidine rings is 1. The summed E-state index contributed by atoms with van der Waals surface area (Å²) in [6.07, 6.45) is 0.687. The summed E-state index contributed by atoms with van der Waals surface area (Å²) in [6, 6.07) is 8.19. The molecule has 1 fully saturated rings. The van der Waals surface area contributed by atoms with Crippen molar-refractivity contribution in [1.82, 2.24) is 0 Å². The van der Waals surface area contributed by atoms with Gasteiger partial charge < -0.3 is 4.90 Å². The van der Waals surface area contributed by atoms with Crippen LogP contribution in [0.25, 0.3) is 0 Å². The summed E-state index contributed by atoms with van der Waals surface area (Å²) in [4.78, 5) is 11.2. The van der Waals surface area contributed by atoms with Crippen LogP contribution in [0.5, 0.6) is 0 Å². The number of quaternary nitrogens is 1. The summed E-state index contributed by atoms with van der Waals surface area (Å²) in [7, 11) is -1.98. The maximum absolute atomic E-state index is 13.7. The molecule has 1 N–H and O–H groups in total. The van der Waals surface area contributed by atoms with E-state index >= 15 is 0 Å². The smallest absolute Gasteiger partial charge is 0.306 e. The van der Waals surface area contributed by atoms with Gasteiger partial charge in [-0.05, 0) is 30.7 Å². The van der Waals surface area contributed by atoms with Crippen LogP contribution >= 0.6 is 0 Å². The van der Waals surface area contributed by atoms with Gasteiger partial charge in [-0.2, -0.15) is 4.39 Å². The van der Waals surface area contributed by atoms with Crippen LogP contribution in [0.3, 0.4) is 0 Å². The lowest BCUT2D eigenvalue weighted by molar-refractivity contribution is -0.886. The van der Waals surface area contributed by atoms with Crippen LogP contribution in [0.1, 0.15) is 23.5 Å². The van der Waals surface area contributed by atoms with Gasteiger partial charge in [0.05, 0.1) is 47.6 Å². The van der Waals surface area contributed by atoms with Crippen LogP contribution < -0.4 is 9.21 Å². The van der Waals surface area contributed by atoms with Gasteiger partial charge in [0.2, 0.25) is 5.82 Å². The lowest BCUT2D eigenvalue weighted by Gasteiger charge is -2.34. The van der Waals surface area contributed by atoms with Crippen molar-refractivity contribution in [3.63, 3.8) is 0 Å². The highest BCUT2D eigenvalue weighted by molar-refractivity contribution is 7.92.